The number of carboxylic acids is 1. The number of carbonyl (C=O) groups is 1. The molecule has 0 aliphatic rings. The molecule has 0 aromatic heterocycles. The summed E-state index contributed by atoms with van der Waals surface area (Å²) in [4.78, 5) is 13.1. The minimum absolute atomic E-state index is 0.516. The van der Waals surface area contributed by atoms with Gasteiger partial charge in [-0.3, -0.25) is 9.69 Å². The highest BCUT2D eigenvalue weighted by Gasteiger charge is 2.33. The summed E-state index contributed by atoms with van der Waals surface area (Å²) in [6.07, 6.45) is 0. The van der Waals surface area contributed by atoms with Gasteiger partial charge in [0.25, 0.3) is 0 Å². The van der Waals surface area contributed by atoms with Crippen LogP contribution >= 0.6 is 27.5 Å². The maximum atomic E-state index is 11.3. The fraction of sp³-hybridized carbons (Fsp3) is 0.462. The molecule has 1 aromatic rings. The number of aliphatic carboxylic acids is 1. The molecule has 0 radical (unpaired) electrons. The van der Waals surface area contributed by atoms with Crippen molar-refractivity contribution in [2.45, 2.75) is 32.9 Å². The van der Waals surface area contributed by atoms with Crippen LogP contribution in [-0.4, -0.2) is 28.1 Å². The lowest BCUT2D eigenvalue weighted by atomic mass is 10.0. The highest BCUT2D eigenvalue weighted by atomic mass is 79.9. The Morgan fingerprint density at radius 2 is 2.11 bits per heavy atom. The molecule has 1 aromatic carbocycles. The van der Waals surface area contributed by atoms with E-state index in [0.717, 1.165) is 10.0 Å². The van der Waals surface area contributed by atoms with Gasteiger partial charge in [0, 0.05) is 16.0 Å². The van der Waals surface area contributed by atoms with Crippen molar-refractivity contribution in [3.05, 3.63) is 33.3 Å². The molecule has 3 nitrogen and oxygen atoms in total. The molecule has 0 aliphatic carbocycles. The molecule has 100 valence electrons. The quantitative estimate of drug-likeness (QED) is 0.890. The number of hydrogen-bond donors (Lipinski definition) is 1. The standard InChI is InChI=1S/C13H17BrClNO2/c1-4-16(13(2,3)12(17)18)8-9-5-6-10(14)7-11(9)15/h5-7H,4,8H2,1-3H3,(H,17,18). The number of rotatable bonds is 5. The Morgan fingerprint density at radius 3 is 2.56 bits per heavy atom. The summed E-state index contributed by atoms with van der Waals surface area (Å²) in [5.41, 5.74) is 0.0153. The number of hydrogen-bond acceptors (Lipinski definition) is 2. The van der Waals surface area contributed by atoms with Crippen molar-refractivity contribution >= 4 is 33.5 Å². The first-order chi connectivity index (χ1) is 8.28. The normalized spacial score (nSPS) is 11.9. The van der Waals surface area contributed by atoms with Gasteiger partial charge in [0.15, 0.2) is 0 Å². The Morgan fingerprint density at radius 1 is 1.50 bits per heavy atom. The minimum atomic E-state index is -0.912. The predicted octanol–water partition coefficient (Wildman–Crippen LogP) is 3.79. The smallest absolute Gasteiger partial charge is 0.323 e. The van der Waals surface area contributed by atoms with E-state index in [2.05, 4.69) is 15.9 Å². The van der Waals surface area contributed by atoms with Crippen LogP contribution < -0.4 is 0 Å². The number of benzene rings is 1. The Kier molecular flexibility index (Phi) is 5.20. The topological polar surface area (TPSA) is 40.5 Å². The number of likely N-dealkylation sites (N-methyl/N-ethyl adjacent to an activating group) is 1. The second-order valence-electron chi connectivity index (χ2n) is 4.61. The molecule has 0 heterocycles. The zero-order valence-corrected chi connectivity index (χ0v) is 13.0. The largest absolute Gasteiger partial charge is 0.480 e. The van der Waals surface area contributed by atoms with Gasteiger partial charge in [-0.2, -0.15) is 0 Å². The van der Waals surface area contributed by atoms with Crippen LogP contribution in [0.2, 0.25) is 5.02 Å². The van der Waals surface area contributed by atoms with Crippen LogP contribution in [0.15, 0.2) is 22.7 Å². The molecular weight excluding hydrogens is 318 g/mol. The Balaban J connectivity index is 2.96. The third-order valence-corrected chi connectivity index (χ3v) is 3.92. The van der Waals surface area contributed by atoms with Crippen LogP contribution in [0.5, 0.6) is 0 Å². The highest BCUT2D eigenvalue weighted by Crippen LogP contribution is 2.25. The summed E-state index contributed by atoms with van der Waals surface area (Å²) in [5.74, 6) is -0.836. The van der Waals surface area contributed by atoms with E-state index in [1.54, 1.807) is 13.8 Å². The molecule has 18 heavy (non-hydrogen) atoms. The van der Waals surface area contributed by atoms with Gasteiger partial charge in [0.1, 0.15) is 5.54 Å². The molecule has 0 fully saturated rings. The van der Waals surface area contributed by atoms with Gasteiger partial charge >= 0.3 is 5.97 Å². The van der Waals surface area contributed by atoms with E-state index in [9.17, 15) is 9.90 Å². The van der Waals surface area contributed by atoms with Gasteiger partial charge in [0.05, 0.1) is 0 Å². The van der Waals surface area contributed by atoms with Crippen molar-refractivity contribution in [1.82, 2.24) is 4.90 Å². The molecule has 0 saturated heterocycles. The summed E-state index contributed by atoms with van der Waals surface area (Å²) in [7, 11) is 0. The van der Waals surface area contributed by atoms with Crippen molar-refractivity contribution in [2.24, 2.45) is 0 Å². The molecule has 1 N–H and O–H groups in total. The molecule has 0 amide bonds. The van der Waals surface area contributed by atoms with E-state index in [-0.39, 0.29) is 0 Å². The summed E-state index contributed by atoms with van der Waals surface area (Å²) < 4.78 is 0.914. The maximum absolute atomic E-state index is 11.3. The first-order valence-electron chi connectivity index (χ1n) is 5.71. The van der Waals surface area contributed by atoms with Crippen LogP contribution in [0.4, 0.5) is 0 Å². The highest BCUT2D eigenvalue weighted by molar-refractivity contribution is 9.10. The van der Waals surface area contributed by atoms with Crippen molar-refractivity contribution < 1.29 is 9.90 Å². The van der Waals surface area contributed by atoms with Gasteiger partial charge in [0.2, 0.25) is 0 Å². The van der Waals surface area contributed by atoms with Crippen LogP contribution in [-0.2, 0) is 11.3 Å². The molecule has 0 aliphatic heterocycles. The average Bonchev–Trinajstić information content (AvgIpc) is 2.27. The third-order valence-electron chi connectivity index (χ3n) is 3.07. The second kappa shape index (κ2) is 6.04. The monoisotopic (exact) mass is 333 g/mol. The molecule has 0 saturated carbocycles. The first-order valence-corrected chi connectivity index (χ1v) is 6.88. The molecule has 0 bridgehead atoms. The Bertz CT molecular complexity index is 449. The fourth-order valence-corrected chi connectivity index (χ4v) is 2.43. The average molecular weight is 335 g/mol. The van der Waals surface area contributed by atoms with Crippen LogP contribution in [0.3, 0.4) is 0 Å². The minimum Gasteiger partial charge on any atom is -0.480 e. The fourth-order valence-electron chi connectivity index (χ4n) is 1.70. The summed E-state index contributed by atoms with van der Waals surface area (Å²) in [6, 6.07) is 5.63. The van der Waals surface area contributed by atoms with Crippen molar-refractivity contribution in [1.29, 1.82) is 0 Å². The SMILES string of the molecule is CCN(Cc1ccc(Br)cc1Cl)C(C)(C)C(=O)O. The Labute approximate surface area is 121 Å². The van der Waals surface area contributed by atoms with Gasteiger partial charge in [-0.1, -0.05) is 40.5 Å². The molecular formula is C13H17BrClNO2. The van der Waals surface area contributed by atoms with E-state index in [0.29, 0.717) is 18.1 Å². The number of nitrogens with zero attached hydrogens (tertiary/aromatic N) is 1. The van der Waals surface area contributed by atoms with E-state index in [1.807, 2.05) is 30.0 Å². The lowest BCUT2D eigenvalue weighted by Gasteiger charge is -2.34. The van der Waals surface area contributed by atoms with Crippen LogP contribution in [0, 0.1) is 0 Å². The summed E-state index contributed by atoms with van der Waals surface area (Å²) in [5, 5.41) is 9.89. The zero-order chi connectivity index (χ0) is 13.9. The van der Waals surface area contributed by atoms with Crippen LogP contribution in [0.1, 0.15) is 26.3 Å². The van der Waals surface area contributed by atoms with Gasteiger partial charge < -0.3 is 5.11 Å². The van der Waals surface area contributed by atoms with Crippen molar-refractivity contribution in [2.75, 3.05) is 6.54 Å². The Hall–Kier alpha value is -0.580. The van der Waals surface area contributed by atoms with E-state index >= 15 is 0 Å². The lowest BCUT2D eigenvalue weighted by molar-refractivity contribution is -0.149. The third kappa shape index (κ3) is 3.46. The van der Waals surface area contributed by atoms with Crippen molar-refractivity contribution in [3.8, 4) is 0 Å². The van der Waals surface area contributed by atoms with Gasteiger partial charge in [-0.05, 0) is 38.1 Å². The molecule has 1 rings (SSSR count). The van der Waals surface area contributed by atoms with Gasteiger partial charge in [-0.25, -0.2) is 0 Å². The van der Waals surface area contributed by atoms with Gasteiger partial charge in [-0.15, -0.1) is 0 Å². The lowest BCUT2D eigenvalue weighted by Crippen LogP contribution is -2.49. The zero-order valence-electron chi connectivity index (χ0n) is 10.7. The van der Waals surface area contributed by atoms with Crippen LogP contribution in [0.25, 0.3) is 0 Å². The maximum Gasteiger partial charge on any atom is 0.323 e. The predicted molar refractivity (Wildman–Crippen MR) is 77.0 cm³/mol. The van der Waals surface area contributed by atoms with E-state index in [1.165, 1.54) is 0 Å². The second-order valence-corrected chi connectivity index (χ2v) is 5.94. The summed E-state index contributed by atoms with van der Waals surface area (Å²) >= 11 is 9.51. The number of halogens is 2. The molecule has 0 spiro atoms. The van der Waals surface area contributed by atoms with Crippen molar-refractivity contribution in [3.63, 3.8) is 0 Å². The molecule has 5 heteroatoms. The first kappa shape index (κ1) is 15.5. The number of carboxylic acid groups (broad SMARTS) is 1. The van der Waals surface area contributed by atoms with E-state index < -0.39 is 11.5 Å². The van der Waals surface area contributed by atoms with E-state index in [4.69, 9.17) is 11.6 Å². The summed E-state index contributed by atoms with van der Waals surface area (Å²) in [6.45, 7) is 6.50. The molecule has 0 unspecified atom stereocenters. The molecule has 0 atom stereocenters.